The van der Waals surface area contributed by atoms with Crippen LogP contribution < -0.4 is 5.32 Å². The minimum atomic E-state index is -1.23. The van der Waals surface area contributed by atoms with Gasteiger partial charge < -0.3 is 20.1 Å². The number of carbonyl (C=O) groups is 2. The van der Waals surface area contributed by atoms with Gasteiger partial charge in [-0.3, -0.25) is 4.98 Å². The van der Waals surface area contributed by atoms with E-state index in [-0.39, 0.29) is 13.0 Å². The van der Waals surface area contributed by atoms with Gasteiger partial charge in [-0.2, -0.15) is 0 Å². The molecule has 2 aromatic carbocycles. The summed E-state index contributed by atoms with van der Waals surface area (Å²) >= 11 is 0. The first kappa shape index (κ1) is 19.4. The van der Waals surface area contributed by atoms with Gasteiger partial charge in [0.25, 0.3) is 0 Å². The van der Waals surface area contributed by atoms with E-state index in [1.165, 1.54) is 12.1 Å². The number of alkyl carbamates (subject to hydrolysis) is 1. The predicted octanol–water partition coefficient (Wildman–Crippen LogP) is 3.78. The summed E-state index contributed by atoms with van der Waals surface area (Å²) in [5.74, 6) is -1.64. The molecular formula is C22H18FN3O4. The Bertz CT molecular complexity index is 1240. The van der Waals surface area contributed by atoms with Crippen molar-refractivity contribution in [1.82, 2.24) is 15.3 Å². The molecule has 3 N–H and O–H groups in total. The standard InChI is InChI=1S/C22H18FN3O4/c23-16-5-6-19-17(9-16)15(11-25-19)8-20(21(27)28)26-22(29)30-12-13-7-14-3-1-2-4-18(14)24-10-13/h1-7,9-11,20,25H,8,12H2,(H,26,29)(H,27,28)/t20-/m0/s1. The molecule has 0 fully saturated rings. The van der Waals surface area contributed by atoms with Gasteiger partial charge in [0.05, 0.1) is 5.52 Å². The number of H-pyrrole nitrogens is 1. The second kappa shape index (κ2) is 8.20. The van der Waals surface area contributed by atoms with Crippen LogP contribution in [0.25, 0.3) is 21.8 Å². The normalized spacial score (nSPS) is 12.0. The molecule has 0 aliphatic rings. The number of aromatic amines is 1. The molecule has 0 aliphatic heterocycles. The Hall–Kier alpha value is -3.94. The van der Waals surface area contributed by atoms with Gasteiger partial charge in [-0.25, -0.2) is 14.0 Å². The molecule has 0 spiro atoms. The number of halogens is 1. The average Bonchev–Trinajstić information content (AvgIpc) is 3.13. The average molecular weight is 407 g/mol. The van der Waals surface area contributed by atoms with Crippen LogP contribution >= 0.6 is 0 Å². The Morgan fingerprint density at radius 1 is 1.20 bits per heavy atom. The van der Waals surface area contributed by atoms with E-state index in [0.29, 0.717) is 22.0 Å². The van der Waals surface area contributed by atoms with E-state index < -0.39 is 23.9 Å². The van der Waals surface area contributed by atoms with Gasteiger partial charge >= 0.3 is 12.1 Å². The van der Waals surface area contributed by atoms with E-state index in [9.17, 15) is 19.1 Å². The van der Waals surface area contributed by atoms with Crippen LogP contribution in [0.3, 0.4) is 0 Å². The van der Waals surface area contributed by atoms with E-state index in [1.807, 2.05) is 30.3 Å². The van der Waals surface area contributed by atoms with E-state index in [4.69, 9.17) is 4.74 Å². The Morgan fingerprint density at radius 3 is 2.87 bits per heavy atom. The number of carboxylic acids is 1. The number of carbonyl (C=O) groups excluding carboxylic acids is 1. The van der Waals surface area contributed by atoms with E-state index in [0.717, 1.165) is 10.9 Å². The Morgan fingerprint density at radius 2 is 2.03 bits per heavy atom. The summed E-state index contributed by atoms with van der Waals surface area (Å²) in [4.78, 5) is 31.0. The quantitative estimate of drug-likeness (QED) is 0.451. The first-order chi connectivity index (χ1) is 14.5. The summed E-state index contributed by atoms with van der Waals surface area (Å²) in [7, 11) is 0. The van der Waals surface area contributed by atoms with Crippen molar-refractivity contribution in [1.29, 1.82) is 0 Å². The first-order valence-electron chi connectivity index (χ1n) is 9.25. The van der Waals surface area contributed by atoms with Crippen LogP contribution in [0.4, 0.5) is 9.18 Å². The zero-order chi connectivity index (χ0) is 21.1. The summed E-state index contributed by atoms with van der Waals surface area (Å²) in [6.45, 7) is -0.0473. The number of carboxylic acid groups (broad SMARTS) is 1. The Kier molecular flexibility index (Phi) is 5.30. The van der Waals surface area contributed by atoms with Crippen molar-refractivity contribution in [3.8, 4) is 0 Å². The molecule has 1 atom stereocenters. The molecule has 7 nitrogen and oxygen atoms in total. The summed E-state index contributed by atoms with van der Waals surface area (Å²) in [5, 5.41) is 13.3. The summed E-state index contributed by atoms with van der Waals surface area (Å²) in [5.41, 5.74) is 2.77. The number of pyridine rings is 1. The van der Waals surface area contributed by atoms with Crippen molar-refractivity contribution in [3.05, 3.63) is 77.9 Å². The molecule has 4 rings (SSSR count). The molecule has 0 radical (unpaired) electrons. The van der Waals surface area contributed by atoms with Crippen LogP contribution in [0.15, 0.2) is 60.9 Å². The lowest BCUT2D eigenvalue weighted by molar-refractivity contribution is -0.139. The topological polar surface area (TPSA) is 104 Å². The molecule has 2 heterocycles. The lowest BCUT2D eigenvalue weighted by Crippen LogP contribution is -2.42. The number of nitrogens with zero attached hydrogens (tertiary/aromatic N) is 1. The van der Waals surface area contributed by atoms with E-state index in [1.54, 1.807) is 18.5 Å². The Balaban J connectivity index is 1.41. The lowest BCUT2D eigenvalue weighted by Gasteiger charge is -2.14. The van der Waals surface area contributed by atoms with Gasteiger partial charge in [-0.15, -0.1) is 0 Å². The fraction of sp³-hybridized carbons (Fsp3) is 0.136. The van der Waals surface area contributed by atoms with Crippen LogP contribution in [0.5, 0.6) is 0 Å². The van der Waals surface area contributed by atoms with Gasteiger partial charge in [0.15, 0.2) is 0 Å². The number of hydrogen-bond acceptors (Lipinski definition) is 4. The first-order valence-corrected chi connectivity index (χ1v) is 9.25. The highest BCUT2D eigenvalue weighted by Gasteiger charge is 2.23. The number of benzene rings is 2. The molecule has 2 aromatic heterocycles. The van der Waals surface area contributed by atoms with Gasteiger partial charge in [-0.1, -0.05) is 18.2 Å². The number of aromatic nitrogens is 2. The zero-order valence-corrected chi connectivity index (χ0v) is 15.8. The lowest BCUT2D eigenvalue weighted by atomic mass is 10.1. The maximum absolute atomic E-state index is 13.5. The minimum Gasteiger partial charge on any atom is -0.480 e. The molecule has 0 unspecified atom stereocenters. The smallest absolute Gasteiger partial charge is 0.408 e. The summed E-state index contributed by atoms with van der Waals surface area (Å²) < 4.78 is 18.7. The second-order valence-electron chi connectivity index (χ2n) is 6.86. The van der Waals surface area contributed by atoms with Crippen LogP contribution in [0.2, 0.25) is 0 Å². The van der Waals surface area contributed by atoms with Gasteiger partial charge in [0, 0.05) is 40.7 Å². The van der Waals surface area contributed by atoms with Crippen LogP contribution in [0.1, 0.15) is 11.1 Å². The number of fused-ring (bicyclic) bond motifs is 2. The number of nitrogens with one attached hydrogen (secondary N) is 2. The SMILES string of the molecule is O=C(N[C@@H](Cc1c[nH]c2ccc(F)cc12)C(=O)O)OCc1cnc2ccccc2c1. The predicted molar refractivity (Wildman–Crippen MR) is 108 cm³/mol. The van der Waals surface area contributed by atoms with Gasteiger partial charge in [0.2, 0.25) is 0 Å². The molecular weight excluding hydrogens is 389 g/mol. The molecule has 4 aromatic rings. The van der Waals surface area contributed by atoms with E-state index >= 15 is 0 Å². The minimum absolute atomic E-state index is 0.0224. The molecule has 8 heteroatoms. The largest absolute Gasteiger partial charge is 0.480 e. The monoisotopic (exact) mass is 407 g/mol. The van der Waals surface area contributed by atoms with Crippen molar-refractivity contribution in [2.75, 3.05) is 0 Å². The third kappa shape index (κ3) is 4.22. The van der Waals surface area contributed by atoms with Crippen molar-refractivity contribution in [3.63, 3.8) is 0 Å². The number of aliphatic carboxylic acids is 1. The summed E-state index contributed by atoms with van der Waals surface area (Å²) in [6.07, 6.45) is 2.32. The summed E-state index contributed by atoms with van der Waals surface area (Å²) in [6, 6.07) is 12.4. The molecule has 0 aliphatic carbocycles. The van der Waals surface area contributed by atoms with Crippen molar-refractivity contribution in [2.45, 2.75) is 19.1 Å². The molecule has 30 heavy (non-hydrogen) atoms. The third-order valence-electron chi connectivity index (χ3n) is 4.76. The molecule has 0 saturated heterocycles. The maximum atomic E-state index is 13.5. The molecule has 0 saturated carbocycles. The number of ether oxygens (including phenoxy) is 1. The Labute approximate surface area is 170 Å². The van der Waals surface area contributed by atoms with E-state index in [2.05, 4.69) is 15.3 Å². The molecule has 1 amide bonds. The maximum Gasteiger partial charge on any atom is 0.408 e. The van der Waals surface area contributed by atoms with Crippen molar-refractivity contribution in [2.24, 2.45) is 0 Å². The van der Waals surface area contributed by atoms with Crippen LogP contribution in [-0.4, -0.2) is 33.2 Å². The van der Waals surface area contributed by atoms with Crippen molar-refractivity contribution < 1.29 is 23.8 Å². The highest BCUT2D eigenvalue weighted by molar-refractivity contribution is 5.85. The third-order valence-corrected chi connectivity index (χ3v) is 4.76. The van der Waals surface area contributed by atoms with Crippen LogP contribution in [0, 0.1) is 5.82 Å². The fourth-order valence-corrected chi connectivity index (χ4v) is 3.27. The highest BCUT2D eigenvalue weighted by Crippen LogP contribution is 2.21. The fourth-order valence-electron chi connectivity index (χ4n) is 3.27. The zero-order valence-electron chi connectivity index (χ0n) is 15.8. The van der Waals surface area contributed by atoms with Crippen LogP contribution in [-0.2, 0) is 22.6 Å². The second-order valence-corrected chi connectivity index (χ2v) is 6.86. The van der Waals surface area contributed by atoms with Gasteiger partial charge in [0.1, 0.15) is 18.5 Å². The van der Waals surface area contributed by atoms with Gasteiger partial charge in [-0.05, 0) is 35.9 Å². The number of rotatable bonds is 6. The van der Waals surface area contributed by atoms with Crippen molar-refractivity contribution >= 4 is 33.9 Å². The highest BCUT2D eigenvalue weighted by atomic mass is 19.1. The molecule has 152 valence electrons. The number of para-hydroxylation sites is 1. The molecule has 0 bridgehead atoms. The number of amides is 1. The number of hydrogen-bond donors (Lipinski definition) is 3.